The minimum absolute atomic E-state index is 0.0173. The number of hydrogen-bond donors (Lipinski definition) is 5. The molecule has 1 heterocycles. The molecule has 0 bridgehead atoms. The summed E-state index contributed by atoms with van der Waals surface area (Å²) in [6.45, 7) is 3.46. The number of nitrogens with zero attached hydrogens (tertiary/aromatic N) is 3. The molecule has 0 amide bonds. The molecule has 2 aromatic rings. The molecule has 1 fully saturated rings. The Balaban J connectivity index is 1.70. The van der Waals surface area contributed by atoms with Crippen LogP contribution in [0.2, 0.25) is 0 Å². The van der Waals surface area contributed by atoms with Gasteiger partial charge in [0, 0.05) is 36.3 Å². The van der Waals surface area contributed by atoms with Crippen LogP contribution in [0.15, 0.2) is 48.7 Å². The number of phenols is 1. The molecule has 1 aliphatic heterocycles. The van der Waals surface area contributed by atoms with Crippen molar-refractivity contribution < 1.29 is 15.3 Å². The Labute approximate surface area is 188 Å². The summed E-state index contributed by atoms with van der Waals surface area (Å²) in [5, 5.41) is 40.8. The molecule has 7 N–H and O–H groups in total. The second-order valence-corrected chi connectivity index (χ2v) is 8.59. The first-order chi connectivity index (χ1) is 15.2. The molecule has 0 spiro atoms. The lowest BCUT2D eigenvalue weighted by molar-refractivity contribution is -0.0697. The number of nitrogens with two attached hydrogens (primary N) is 2. The summed E-state index contributed by atoms with van der Waals surface area (Å²) < 4.78 is 0. The highest BCUT2D eigenvalue weighted by Crippen LogP contribution is 2.30. The number of rotatable bonds is 7. The predicted molar refractivity (Wildman–Crippen MR) is 124 cm³/mol. The maximum Gasteiger partial charge on any atom is 0.120 e. The van der Waals surface area contributed by atoms with Gasteiger partial charge >= 0.3 is 0 Å². The number of piperidine rings is 1. The largest absolute Gasteiger partial charge is 0.508 e. The third-order valence-corrected chi connectivity index (χ3v) is 6.07. The minimum Gasteiger partial charge on any atom is -0.508 e. The van der Waals surface area contributed by atoms with E-state index in [-0.39, 0.29) is 18.3 Å². The Kier molecular flexibility index (Phi) is 7.38. The van der Waals surface area contributed by atoms with E-state index in [2.05, 4.69) is 11.0 Å². The van der Waals surface area contributed by atoms with Crippen LogP contribution in [0.1, 0.15) is 36.5 Å². The quantitative estimate of drug-likeness (QED) is 0.326. The van der Waals surface area contributed by atoms with Crippen LogP contribution >= 0.6 is 0 Å². The van der Waals surface area contributed by atoms with Crippen LogP contribution in [0.5, 0.6) is 5.75 Å². The van der Waals surface area contributed by atoms with E-state index in [1.54, 1.807) is 37.3 Å². The Bertz CT molecular complexity index is 1010. The average molecular weight is 438 g/mol. The van der Waals surface area contributed by atoms with Gasteiger partial charge in [-0.25, -0.2) is 5.84 Å². The van der Waals surface area contributed by atoms with E-state index in [9.17, 15) is 15.3 Å². The van der Waals surface area contributed by atoms with Gasteiger partial charge in [0.2, 0.25) is 0 Å². The van der Waals surface area contributed by atoms with Crippen LogP contribution in [0.4, 0.5) is 5.69 Å². The van der Waals surface area contributed by atoms with Crippen molar-refractivity contribution in [3.63, 3.8) is 0 Å². The molecule has 170 valence electrons. The van der Waals surface area contributed by atoms with Gasteiger partial charge in [0.1, 0.15) is 5.75 Å². The van der Waals surface area contributed by atoms with Crippen molar-refractivity contribution in [3.05, 3.63) is 65.4 Å². The summed E-state index contributed by atoms with van der Waals surface area (Å²) in [4.78, 5) is 2.18. The first-order valence-corrected chi connectivity index (χ1v) is 10.6. The summed E-state index contributed by atoms with van der Waals surface area (Å²) in [5.74, 6) is 6.18. The number of aromatic hydroxyl groups is 1. The molecule has 1 unspecified atom stereocenters. The topological polar surface area (TPSA) is 143 Å². The number of anilines is 1. The molecule has 32 heavy (non-hydrogen) atoms. The number of nitriles is 1. The molecule has 8 nitrogen and oxygen atoms in total. The number of benzene rings is 2. The highest BCUT2D eigenvalue weighted by molar-refractivity contribution is 5.68. The molecule has 0 aromatic heterocycles. The van der Waals surface area contributed by atoms with Gasteiger partial charge in [-0.3, -0.25) is 9.91 Å². The monoisotopic (exact) mass is 437 g/mol. The summed E-state index contributed by atoms with van der Waals surface area (Å²) >= 11 is 0. The molecular weight excluding hydrogens is 406 g/mol. The first-order valence-electron chi connectivity index (χ1n) is 10.6. The van der Waals surface area contributed by atoms with Gasteiger partial charge in [0.15, 0.2) is 0 Å². The minimum atomic E-state index is -1.11. The van der Waals surface area contributed by atoms with Gasteiger partial charge < -0.3 is 21.1 Å². The second-order valence-electron chi connectivity index (χ2n) is 8.59. The van der Waals surface area contributed by atoms with Crippen LogP contribution in [0.3, 0.4) is 0 Å². The third-order valence-electron chi connectivity index (χ3n) is 6.07. The lowest BCUT2D eigenvalue weighted by atomic mass is 9.83. The van der Waals surface area contributed by atoms with Gasteiger partial charge in [-0.05, 0) is 50.6 Å². The Morgan fingerprint density at radius 1 is 1.34 bits per heavy atom. The van der Waals surface area contributed by atoms with E-state index >= 15 is 0 Å². The highest BCUT2D eigenvalue weighted by Gasteiger charge is 2.34. The standard InChI is InChI=1S/C24H31N5O3/c1-24(32,16-30)20-5-3-9-28(14-20)13-19-8-7-18(11-23(19)31)22(26)15-29(27)21-6-2-4-17(10-21)12-25/h2,4,6-8,10-11,15,20,30-32H,3,5,9,13-14,16,26-27H2,1H3/b22-15-/t20?,24-/m1/s1. The number of aliphatic hydroxyl groups excluding tert-OH is 1. The summed E-state index contributed by atoms with van der Waals surface area (Å²) in [7, 11) is 0. The molecule has 3 rings (SSSR count). The molecule has 1 aliphatic rings. The third kappa shape index (κ3) is 5.58. The van der Waals surface area contributed by atoms with Gasteiger partial charge in [-0.1, -0.05) is 18.2 Å². The van der Waals surface area contributed by atoms with Crippen molar-refractivity contribution in [2.75, 3.05) is 24.7 Å². The SMILES string of the molecule is C[C@@](O)(CO)C1CCCN(Cc2ccc(/C(N)=C/N(N)c3cccc(C#N)c3)cc2O)C1. The van der Waals surface area contributed by atoms with Crippen LogP contribution in [0.25, 0.3) is 5.70 Å². The van der Waals surface area contributed by atoms with E-state index in [4.69, 9.17) is 16.8 Å². The smallest absolute Gasteiger partial charge is 0.120 e. The number of hydrogen-bond acceptors (Lipinski definition) is 8. The fourth-order valence-corrected chi connectivity index (χ4v) is 3.99. The Hall–Kier alpha value is -3.09. The zero-order valence-electron chi connectivity index (χ0n) is 18.3. The molecule has 2 aromatic carbocycles. The van der Waals surface area contributed by atoms with Crippen molar-refractivity contribution in [1.82, 2.24) is 4.90 Å². The summed E-state index contributed by atoms with van der Waals surface area (Å²) in [5.41, 5.74) is 7.95. The van der Waals surface area contributed by atoms with E-state index in [0.29, 0.717) is 35.6 Å². The highest BCUT2D eigenvalue weighted by atomic mass is 16.3. The molecule has 0 radical (unpaired) electrons. The van der Waals surface area contributed by atoms with Crippen molar-refractivity contribution in [2.24, 2.45) is 17.5 Å². The summed E-state index contributed by atoms with van der Waals surface area (Å²) in [6.07, 6.45) is 3.33. The second kappa shape index (κ2) is 10.0. The number of aliphatic hydroxyl groups is 2. The number of likely N-dealkylation sites (tertiary alicyclic amines) is 1. The van der Waals surface area contributed by atoms with E-state index < -0.39 is 5.60 Å². The van der Waals surface area contributed by atoms with Gasteiger partial charge in [0.25, 0.3) is 0 Å². The van der Waals surface area contributed by atoms with E-state index in [0.717, 1.165) is 24.9 Å². The van der Waals surface area contributed by atoms with Gasteiger partial charge in [0.05, 0.1) is 35.2 Å². The Morgan fingerprint density at radius 3 is 2.81 bits per heavy atom. The van der Waals surface area contributed by atoms with E-state index in [1.165, 1.54) is 11.2 Å². The van der Waals surface area contributed by atoms with E-state index in [1.807, 2.05) is 12.1 Å². The van der Waals surface area contributed by atoms with Crippen molar-refractivity contribution in [2.45, 2.75) is 31.9 Å². The average Bonchev–Trinajstić information content (AvgIpc) is 2.80. The number of phenolic OH excluding ortho intramolecular Hbond substituents is 1. The molecule has 1 saturated heterocycles. The van der Waals surface area contributed by atoms with Crippen LogP contribution in [-0.2, 0) is 6.54 Å². The first kappa shape index (κ1) is 23.6. The zero-order chi connectivity index (χ0) is 23.3. The lowest BCUT2D eigenvalue weighted by Gasteiger charge is -2.39. The normalized spacial score (nSPS) is 19.2. The zero-order valence-corrected chi connectivity index (χ0v) is 18.3. The molecule has 2 atom stereocenters. The van der Waals surface area contributed by atoms with Crippen molar-refractivity contribution in [1.29, 1.82) is 5.26 Å². The van der Waals surface area contributed by atoms with Gasteiger partial charge in [-0.15, -0.1) is 0 Å². The van der Waals surface area contributed by atoms with Crippen LogP contribution in [-0.4, -0.2) is 45.5 Å². The fraction of sp³-hybridized carbons (Fsp3) is 0.375. The maximum absolute atomic E-state index is 10.6. The maximum atomic E-state index is 10.6. The molecule has 0 aliphatic carbocycles. The van der Waals surface area contributed by atoms with Crippen molar-refractivity contribution >= 4 is 11.4 Å². The van der Waals surface area contributed by atoms with Crippen molar-refractivity contribution in [3.8, 4) is 11.8 Å². The fourth-order valence-electron chi connectivity index (χ4n) is 3.99. The number of hydrazine groups is 1. The summed E-state index contributed by atoms with van der Waals surface area (Å²) in [6, 6.07) is 14.2. The molecular formula is C24H31N5O3. The lowest BCUT2D eigenvalue weighted by Crippen LogP contribution is -2.47. The predicted octanol–water partition coefficient (Wildman–Crippen LogP) is 1.86. The van der Waals surface area contributed by atoms with Crippen LogP contribution in [0, 0.1) is 17.2 Å². The molecule has 0 saturated carbocycles. The van der Waals surface area contributed by atoms with Crippen LogP contribution < -0.4 is 16.6 Å². The van der Waals surface area contributed by atoms with Gasteiger partial charge in [-0.2, -0.15) is 5.26 Å². The Morgan fingerprint density at radius 2 is 2.12 bits per heavy atom. The molecule has 8 heteroatoms.